The van der Waals surface area contributed by atoms with E-state index in [1.165, 1.54) is 11.3 Å². The van der Waals surface area contributed by atoms with Gasteiger partial charge in [0, 0.05) is 57.8 Å². The normalized spacial score (nSPS) is 11.8. The summed E-state index contributed by atoms with van der Waals surface area (Å²) in [7, 11) is 48.0. The minimum absolute atomic E-state index is 0.184. The lowest BCUT2D eigenvalue weighted by atomic mass is 9.65. The van der Waals surface area contributed by atoms with E-state index in [-0.39, 0.29) is 16.4 Å². The van der Waals surface area contributed by atoms with Crippen molar-refractivity contribution in [2.24, 2.45) is 0 Å². The highest BCUT2D eigenvalue weighted by atomic mass is 32.1. The molecule has 0 bridgehead atoms. The average Bonchev–Trinajstić information content (AvgIpc) is 4.08. The van der Waals surface area contributed by atoms with Gasteiger partial charge in [-0.05, 0) is 86.8 Å². The SMILES string of the molecule is [B]c1c([B])c([B])c2c(sc3c([B])c([B])c(N(c4ccc(-c5ccccc5)cc4)c4cc(-c5cccc6oc(-c7ccccc7)nc56)c5c(c4)sc4ccc6ccccc6c45)c([B])c32)c1[B]. The van der Waals surface area contributed by atoms with E-state index >= 15 is 0 Å². The van der Waals surface area contributed by atoms with Crippen LogP contribution in [0.25, 0.3) is 95.9 Å². The summed E-state index contributed by atoms with van der Waals surface area (Å²) < 4.78 is 9.94. The smallest absolute Gasteiger partial charge is 0.227 e. The molecule has 12 aromatic rings. The summed E-state index contributed by atoms with van der Waals surface area (Å²) in [5.41, 5.74) is 10.3. The van der Waals surface area contributed by atoms with Gasteiger partial charge in [0.2, 0.25) is 5.89 Å². The van der Waals surface area contributed by atoms with Gasteiger partial charge >= 0.3 is 0 Å². The predicted octanol–water partition coefficient (Wildman–Crippen LogP) is 7.74. The summed E-state index contributed by atoms with van der Waals surface area (Å²) in [4.78, 5) is 7.26. The molecule has 0 amide bonds. The van der Waals surface area contributed by atoms with E-state index in [1.54, 1.807) is 11.3 Å². The second kappa shape index (κ2) is 15.3. The molecular weight excluding hydrogens is 820 g/mol. The van der Waals surface area contributed by atoms with Crippen LogP contribution in [-0.4, -0.2) is 59.9 Å². The van der Waals surface area contributed by atoms with Crippen LogP contribution in [0.1, 0.15) is 0 Å². The van der Waals surface area contributed by atoms with Crippen LogP contribution in [0.15, 0.2) is 156 Å². The molecule has 0 aliphatic heterocycles. The number of fused-ring (bicyclic) bond motifs is 9. The van der Waals surface area contributed by atoms with Gasteiger partial charge in [-0.1, -0.05) is 130 Å². The summed E-state index contributed by atoms with van der Waals surface area (Å²) in [6.07, 6.45) is 0. The van der Waals surface area contributed by atoms with E-state index in [2.05, 4.69) is 95.9 Å². The fraction of sp³-hybridized carbons (Fsp3) is 0. The summed E-state index contributed by atoms with van der Waals surface area (Å²) in [5.74, 6) is 0.538. The van der Waals surface area contributed by atoms with Gasteiger partial charge < -0.3 is 9.32 Å². The number of rotatable bonds is 6. The van der Waals surface area contributed by atoms with Crippen molar-refractivity contribution in [1.82, 2.24) is 4.98 Å². The van der Waals surface area contributed by atoms with Gasteiger partial charge in [0.1, 0.15) is 60.4 Å². The number of benzene rings is 9. The summed E-state index contributed by atoms with van der Waals surface area (Å²) in [5, 5.41) is 5.74. The van der Waals surface area contributed by atoms with Crippen molar-refractivity contribution in [1.29, 1.82) is 0 Å². The molecule has 12 rings (SSSR count). The molecule has 0 aliphatic carbocycles. The van der Waals surface area contributed by atoms with Crippen LogP contribution in [-0.2, 0) is 0 Å². The molecule has 3 aromatic heterocycles. The Morgan fingerprint density at radius 2 is 1.08 bits per heavy atom. The second-order valence-corrected chi connectivity index (χ2v) is 18.3. The van der Waals surface area contributed by atoms with E-state index in [0.29, 0.717) is 59.2 Å². The number of oxazole rings is 1. The minimum Gasteiger partial charge on any atom is -0.436 e. The summed E-state index contributed by atoms with van der Waals surface area (Å²) >= 11 is 3.07. The number of hydrogen-bond donors (Lipinski definition) is 0. The summed E-state index contributed by atoms with van der Waals surface area (Å²) in [6, 6.07) is 51.9. The number of nitrogens with zero attached hydrogens (tertiary/aromatic N) is 2. The van der Waals surface area contributed by atoms with Gasteiger partial charge in [-0.2, -0.15) is 0 Å². The lowest BCUT2D eigenvalue weighted by Gasteiger charge is -2.32. The average molecular weight is 846 g/mol. The minimum atomic E-state index is 0.184. The molecule has 0 aliphatic rings. The molecule has 3 heterocycles. The molecule has 3 nitrogen and oxygen atoms in total. The fourth-order valence-electron chi connectivity index (χ4n) is 9.33. The zero-order valence-corrected chi connectivity index (χ0v) is 36.2. The Morgan fingerprint density at radius 1 is 0.431 bits per heavy atom. The van der Waals surface area contributed by atoms with Crippen LogP contribution in [0.5, 0.6) is 0 Å². The number of anilines is 3. The topological polar surface area (TPSA) is 29.3 Å². The number of thiophene rings is 2. The lowest BCUT2D eigenvalue weighted by molar-refractivity contribution is 0.620. The molecule has 0 unspecified atom stereocenters. The third kappa shape index (κ3) is 6.14. The second-order valence-electron chi connectivity index (χ2n) is 16.2. The molecule has 286 valence electrons. The molecule has 0 N–H and O–H groups in total. The monoisotopic (exact) mass is 846 g/mol. The summed E-state index contributed by atoms with van der Waals surface area (Å²) in [6.45, 7) is 0. The van der Waals surface area contributed by atoms with Crippen LogP contribution in [0.3, 0.4) is 0 Å². The Hall–Kier alpha value is -6.60. The first-order valence-corrected chi connectivity index (χ1v) is 22.5. The number of hydrogen-bond acceptors (Lipinski definition) is 5. The molecule has 12 heteroatoms. The molecule has 14 radical (unpaired) electrons. The van der Waals surface area contributed by atoms with Crippen molar-refractivity contribution in [2.45, 2.75) is 0 Å². The maximum Gasteiger partial charge on any atom is 0.227 e. The molecule has 65 heavy (non-hydrogen) atoms. The zero-order chi connectivity index (χ0) is 44.2. The third-order valence-corrected chi connectivity index (χ3v) is 14.9. The van der Waals surface area contributed by atoms with Gasteiger partial charge in [-0.25, -0.2) is 4.98 Å². The number of aromatic nitrogens is 1. The third-order valence-electron chi connectivity index (χ3n) is 12.5. The van der Waals surface area contributed by atoms with Crippen molar-refractivity contribution in [3.8, 4) is 33.7 Å². The van der Waals surface area contributed by atoms with Crippen molar-refractivity contribution in [3.63, 3.8) is 0 Å². The molecule has 0 atom stereocenters. The highest BCUT2D eigenvalue weighted by Crippen LogP contribution is 2.49. The molecular formula is C53H25B7N2OS2. The molecule has 9 aromatic carbocycles. The quantitative estimate of drug-likeness (QED) is 0.161. The molecule has 0 fully saturated rings. The van der Waals surface area contributed by atoms with Crippen LogP contribution in [0.4, 0.5) is 17.1 Å². The van der Waals surface area contributed by atoms with Gasteiger partial charge in [0.25, 0.3) is 0 Å². The van der Waals surface area contributed by atoms with E-state index in [0.717, 1.165) is 75.7 Å². The molecule has 0 spiro atoms. The fourth-order valence-corrected chi connectivity index (χ4v) is 11.8. The van der Waals surface area contributed by atoms with E-state index in [4.69, 9.17) is 64.3 Å². The van der Waals surface area contributed by atoms with Crippen LogP contribution in [0.2, 0.25) is 0 Å². The van der Waals surface area contributed by atoms with Crippen LogP contribution < -0.4 is 43.1 Å². The van der Waals surface area contributed by atoms with Crippen molar-refractivity contribution < 1.29 is 4.42 Å². The lowest BCUT2D eigenvalue weighted by Crippen LogP contribution is -2.47. The predicted molar refractivity (Wildman–Crippen MR) is 286 cm³/mol. The van der Waals surface area contributed by atoms with E-state index in [9.17, 15) is 0 Å². The van der Waals surface area contributed by atoms with Crippen molar-refractivity contribution >= 4 is 195 Å². The highest BCUT2D eigenvalue weighted by molar-refractivity contribution is 7.28. The maximum absolute atomic E-state index is 7.46. The Morgan fingerprint density at radius 3 is 1.83 bits per heavy atom. The van der Waals surface area contributed by atoms with E-state index in [1.807, 2.05) is 60.7 Å². The Labute approximate surface area is 392 Å². The van der Waals surface area contributed by atoms with Crippen LogP contribution >= 0.6 is 22.7 Å². The molecule has 0 saturated heterocycles. The van der Waals surface area contributed by atoms with Gasteiger partial charge in [0.05, 0.1) is 0 Å². The Balaban J connectivity index is 1.20. The Bertz CT molecular complexity index is 3920. The van der Waals surface area contributed by atoms with E-state index < -0.39 is 0 Å². The van der Waals surface area contributed by atoms with Crippen LogP contribution in [0, 0.1) is 0 Å². The first kappa shape index (κ1) is 40.0. The van der Waals surface area contributed by atoms with Crippen molar-refractivity contribution in [3.05, 3.63) is 152 Å². The van der Waals surface area contributed by atoms with Gasteiger partial charge in [-0.15, -0.1) is 33.6 Å². The van der Waals surface area contributed by atoms with Gasteiger partial charge in [-0.3, -0.25) is 0 Å². The zero-order valence-electron chi connectivity index (χ0n) is 34.6. The first-order chi connectivity index (χ1) is 31.7. The number of para-hydroxylation sites is 1. The van der Waals surface area contributed by atoms with Crippen molar-refractivity contribution in [2.75, 3.05) is 4.90 Å². The van der Waals surface area contributed by atoms with Gasteiger partial charge in [0.15, 0.2) is 5.58 Å². The largest absolute Gasteiger partial charge is 0.436 e. The maximum atomic E-state index is 7.46. The highest BCUT2D eigenvalue weighted by Gasteiger charge is 2.27. The molecule has 0 saturated carbocycles. The Kier molecular flexibility index (Phi) is 9.38. The standard InChI is InChI=1S/C53H25B7N2OS2/c54-42-40-41-43(55)50(46(58)48(60)52(41)65-51(40)47(59)45(57)44(42)56)62(30-21-18-27(19-22-30)26-10-3-1-4-11-26)31-24-34(33-16-9-17-35-49(33)61-53(63-35)29-13-5-2-6-14-29)39-37(25-31)64-36-23-20-28-12-7-8-15-32(28)38(36)39/h1-25H. The first-order valence-electron chi connectivity index (χ1n) is 20.9.